The Morgan fingerprint density at radius 1 is 0.955 bits per heavy atom. The smallest absolute Gasteiger partial charge is 0.257 e. The fourth-order valence-corrected chi connectivity index (χ4v) is 5.53. The van der Waals surface area contributed by atoms with Crippen LogP contribution in [0.1, 0.15) is 44.3 Å². The van der Waals surface area contributed by atoms with E-state index in [1.165, 1.54) is 50.7 Å². The lowest BCUT2D eigenvalue weighted by molar-refractivity contribution is -0.0103. The SMILES string of the molecule is Fc1ccc(-c2nc(C34CC5CC(CC(C5)C3)C4)no2)cc1. The van der Waals surface area contributed by atoms with Crippen LogP contribution in [0.15, 0.2) is 28.8 Å². The highest BCUT2D eigenvalue weighted by Crippen LogP contribution is 2.60. The number of hydrogen-bond acceptors (Lipinski definition) is 3. The Labute approximate surface area is 128 Å². The lowest BCUT2D eigenvalue weighted by atomic mass is 9.49. The summed E-state index contributed by atoms with van der Waals surface area (Å²) < 4.78 is 18.5. The Morgan fingerprint density at radius 3 is 2.14 bits per heavy atom. The third-order valence-electron chi connectivity index (χ3n) is 6.03. The van der Waals surface area contributed by atoms with E-state index in [0.717, 1.165) is 29.1 Å². The van der Waals surface area contributed by atoms with E-state index in [9.17, 15) is 4.39 Å². The highest BCUT2D eigenvalue weighted by Gasteiger charge is 2.53. The van der Waals surface area contributed by atoms with E-state index in [1.54, 1.807) is 12.1 Å². The van der Waals surface area contributed by atoms with Crippen molar-refractivity contribution in [3.05, 3.63) is 35.9 Å². The second-order valence-corrected chi connectivity index (χ2v) is 7.63. The zero-order valence-electron chi connectivity index (χ0n) is 12.5. The van der Waals surface area contributed by atoms with Crippen molar-refractivity contribution in [2.24, 2.45) is 17.8 Å². The minimum Gasteiger partial charge on any atom is -0.334 e. The van der Waals surface area contributed by atoms with Gasteiger partial charge in [-0.15, -0.1) is 0 Å². The molecule has 4 aliphatic rings. The maximum Gasteiger partial charge on any atom is 0.257 e. The number of aromatic nitrogens is 2. The Morgan fingerprint density at radius 2 is 1.55 bits per heavy atom. The molecule has 4 heteroatoms. The summed E-state index contributed by atoms with van der Waals surface area (Å²) >= 11 is 0. The van der Waals surface area contributed by atoms with Crippen LogP contribution < -0.4 is 0 Å². The second kappa shape index (κ2) is 4.40. The number of halogens is 1. The van der Waals surface area contributed by atoms with E-state index >= 15 is 0 Å². The van der Waals surface area contributed by atoms with Crippen LogP contribution in [0.2, 0.25) is 0 Å². The molecular weight excluding hydrogens is 279 g/mol. The van der Waals surface area contributed by atoms with Crippen LogP contribution in [0.5, 0.6) is 0 Å². The molecule has 0 N–H and O–H groups in total. The van der Waals surface area contributed by atoms with E-state index in [-0.39, 0.29) is 11.2 Å². The monoisotopic (exact) mass is 298 g/mol. The Bertz CT molecular complexity index is 671. The topological polar surface area (TPSA) is 38.9 Å². The molecule has 0 unspecified atom stereocenters. The van der Waals surface area contributed by atoms with Gasteiger partial charge in [0.05, 0.1) is 0 Å². The highest BCUT2D eigenvalue weighted by atomic mass is 19.1. The fourth-order valence-electron chi connectivity index (χ4n) is 5.53. The van der Waals surface area contributed by atoms with Crippen LogP contribution >= 0.6 is 0 Å². The van der Waals surface area contributed by atoms with Crippen LogP contribution in [-0.2, 0) is 5.41 Å². The van der Waals surface area contributed by atoms with Crippen molar-refractivity contribution in [3.8, 4) is 11.5 Å². The average molecular weight is 298 g/mol. The largest absolute Gasteiger partial charge is 0.334 e. The summed E-state index contributed by atoms with van der Waals surface area (Å²) in [6.07, 6.45) is 7.88. The molecule has 2 aromatic rings. The summed E-state index contributed by atoms with van der Waals surface area (Å²) in [6.45, 7) is 0. The van der Waals surface area contributed by atoms with Crippen LogP contribution in [-0.4, -0.2) is 10.1 Å². The quantitative estimate of drug-likeness (QED) is 0.827. The van der Waals surface area contributed by atoms with E-state index in [0.29, 0.717) is 5.89 Å². The molecule has 6 rings (SSSR count). The first kappa shape index (κ1) is 12.8. The Hall–Kier alpha value is -1.71. The van der Waals surface area contributed by atoms with Gasteiger partial charge in [0.2, 0.25) is 0 Å². The Balaban J connectivity index is 1.50. The fraction of sp³-hybridized carbons (Fsp3) is 0.556. The molecule has 1 heterocycles. The van der Waals surface area contributed by atoms with Gasteiger partial charge in [-0.1, -0.05) is 5.16 Å². The third-order valence-corrected chi connectivity index (χ3v) is 6.03. The maximum atomic E-state index is 13.0. The first-order valence-corrected chi connectivity index (χ1v) is 8.30. The number of nitrogens with zero attached hydrogens (tertiary/aromatic N) is 2. The van der Waals surface area contributed by atoms with Crippen molar-refractivity contribution in [3.63, 3.8) is 0 Å². The first-order valence-electron chi connectivity index (χ1n) is 8.30. The number of hydrogen-bond donors (Lipinski definition) is 0. The zero-order chi connectivity index (χ0) is 14.7. The predicted octanol–water partition coefficient (Wildman–Crippen LogP) is 4.34. The van der Waals surface area contributed by atoms with Crippen molar-refractivity contribution < 1.29 is 8.91 Å². The van der Waals surface area contributed by atoms with Crippen molar-refractivity contribution >= 4 is 0 Å². The summed E-state index contributed by atoms with van der Waals surface area (Å²) in [5, 5.41) is 4.33. The van der Waals surface area contributed by atoms with Crippen LogP contribution in [0, 0.1) is 23.6 Å². The summed E-state index contributed by atoms with van der Waals surface area (Å²) in [5.41, 5.74) is 0.946. The molecule has 4 saturated carbocycles. The van der Waals surface area contributed by atoms with E-state index in [2.05, 4.69) is 5.16 Å². The standard InChI is InChI=1S/C18H19FN2O/c19-15-3-1-14(2-4-15)16-20-17(21-22-16)18-8-11-5-12(9-18)7-13(6-11)10-18/h1-4,11-13H,5-10H2. The molecule has 1 aromatic heterocycles. The molecule has 0 aliphatic heterocycles. The summed E-state index contributed by atoms with van der Waals surface area (Å²) in [7, 11) is 0. The van der Waals surface area contributed by atoms with Gasteiger partial charge in [-0.3, -0.25) is 0 Å². The van der Waals surface area contributed by atoms with Gasteiger partial charge in [-0.05, 0) is 80.5 Å². The molecule has 0 spiro atoms. The number of rotatable bonds is 2. The molecule has 4 bridgehead atoms. The maximum absolute atomic E-state index is 13.0. The lowest BCUT2D eigenvalue weighted by Crippen LogP contribution is -2.49. The van der Waals surface area contributed by atoms with Gasteiger partial charge in [0.25, 0.3) is 5.89 Å². The first-order chi connectivity index (χ1) is 10.7. The van der Waals surface area contributed by atoms with E-state index in [4.69, 9.17) is 9.51 Å². The summed E-state index contributed by atoms with van der Waals surface area (Å²) in [6, 6.07) is 6.27. The van der Waals surface area contributed by atoms with Gasteiger partial charge in [0, 0.05) is 11.0 Å². The zero-order valence-corrected chi connectivity index (χ0v) is 12.5. The van der Waals surface area contributed by atoms with Crippen LogP contribution in [0.3, 0.4) is 0 Å². The van der Waals surface area contributed by atoms with Gasteiger partial charge < -0.3 is 4.52 Å². The van der Waals surface area contributed by atoms with Crippen molar-refractivity contribution in [2.75, 3.05) is 0 Å². The van der Waals surface area contributed by atoms with Crippen LogP contribution in [0.25, 0.3) is 11.5 Å². The molecule has 3 nitrogen and oxygen atoms in total. The minimum absolute atomic E-state index is 0.149. The van der Waals surface area contributed by atoms with Gasteiger partial charge in [-0.2, -0.15) is 4.98 Å². The highest BCUT2D eigenvalue weighted by molar-refractivity contribution is 5.52. The summed E-state index contributed by atoms with van der Waals surface area (Å²) in [4.78, 5) is 4.70. The molecule has 0 saturated heterocycles. The molecule has 22 heavy (non-hydrogen) atoms. The van der Waals surface area contributed by atoms with Gasteiger partial charge >= 0.3 is 0 Å². The van der Waals surface area contributed by atoms with Crippen molar-refractivity contribution in [1.82, 2.24) is 10.1 Å². The van der Waals surface area contributed by atoms with Gasteiger partial charge in [-0.25, -0.2) is 4.39 Å². The molecular formula is C18H19FN2O. The molecule has 4 aliphatic carbocycles. The molecule has 114 valence electrons. The normalized spacial score (nSPS) is 36.0. The molecule has 0 amide bonds. The molecule has 4 fully saturated rings. The number of benzene rings is 1. The van der Waals surface area contributed by atoms with Crippen molar-refractivity contribution in [2.45, 2.75) is 43.9 Å². The van der Waals surface area contributed by atoms with Crippen molar-refractivity contribution in [1.29, 1.82) is 0 Å². The third kappa shape index (κ3) is 1.86. The minimum atomic E-state index is -0.246. The predicted molar refractivity (Wildman–Crippen MR) is 79.5 cm³/mol. The van der Waals surface area contributed by atoms with Gasteiger partial charge in [0.1, 0.15) is 5.82 Å². The van der Waals surface area contributed by atoms with Crippen LogP contribution in [0.4, 0.5) is 4.39 Å². The molecule has 0 atom stereocenters. The summed E-state index contributed by atoms with van der Waals surface area (Å²) in [5.74, 6) is 3.75. The second-order valence-electron chi connectivity index (χ2n) is 7.63. The Kier molecular flexibility index (Phi) is 2.56. The van der Waals surface area contributed by atoms with E-state index < -0.39 is 0 Å². The molecule has 0 radical (unpaired) electrons. The molecule has 1 aromatic carbocycles. The lowest BCUT2D eigenvalue weighted by Gasteiger charge is -2.55. The van der Waals surface area contributed by atoms with E-state index in [1.807, 2.05) is 0 Å². The van der Waals surface area contributed by atoms with Gasteiger partial charge in [0.15, 0.2) is 5.82 Å². The average Bonchev–Trinajstić information content (AvgIpc) is 2.97.